The molecule has 1 N–H and O–H groups in total. The Labute approximate surface area is 139 Å². The third kappa shape index (κ3) is 3.73. The number of aryl methyl sites for hydroxylation is 2. The van der Waals surface area contributed by atoms with E-state index in [1.54, 1.807) is 42.1 Å². The zero-order valence-corrected chi connectivity index (χ0v) is 13.6. The van der Waals surface area contributed by atoms with Gasteiger partial charge in [0, 0.05) is 24.5 Å². The van der Waals surface area contributed by atoms with Crippen LogP contribution in [0.2, 0.25) is 0 Å². The first-order chi connectivity index (χ1) is 11.4. The highest BCUT2D eigenvalue weighted by molar-refractivity contribution is 6.14. The Bertz CT molecular complexity index is 831. The highest BCUT2D eigenvalue weighted by Crippen LogP contribution is 2.14. The molecule has 7 nitrogen and oxygen atoms in total. The molecule has 24 heavy (non-hydrogen) atoms. The molecule has 2 aromatic heterocycles. The molecule has 0 aliphatic rings. The second-order valence-corrected chi connectivity index (χ2v) is 5.21. The largest absolute Gasteiger partial charge is 0.309 e. The van der Waals surface area contributed by atoms with E-state index in [2.05, 4.69) is 15.4 Å². The number of ketones is 1. The summed E-state index contributed by atoms with van der Waals surface area (Å²) in [4.78, 5) is 28.2. The van der Waals surface area contributed by atoms with Crippen molar-refractivity contribution >= 4 is 23.6 Å². The number of amides is 1. The Morgan fingerprint density at radius 1 is 1.38 bits per heavy atom. The lowest BCUT2D eigenvalue weighted by molar-refractivity contribution is -0.126. The predicted molar refractivity (Wildman–Crippen MR) is 88.7 cm³/mol. The Kier molecular flexibility index (Phi) is 5.22. The molecule has 0 unspecified atom stereocenters. The smallest absolute Gasteiger partial charge is 0.250 e. The quantitative estimate of drug-likeness (QED) is 0.668. The maximum atomic E-state index is 12.2. The van der Waals surface area contributed by atoms with Crippen LogP contribution in [0.1, 0.15) is 17.0 Å². The van der Waals surface area contributed by atoms with Crippen LogP contribution in [0.25, 0.3) is 6.08 Å². The molecular weight excluding hydrogens is 306 g/mol. The number of carbonyl (C=O) groups is 2. The second kappa shape index (κ2) is 7.33. The minimum Gasteiger partial charge on any atom is -0.309 e. The van der Waals surface area contributed by atoms with Crippen molar-refractivity contribution in [2.75, 3.05) is 5.32 Å². The van der Waals surface area contributed by atoms with Crippen molar-refractivity contribution in [1.29, 1.82) is 5.26 Å². The lowest BCUT2D eigenvalue weighted by Gasteiger charge is -2.06. The van der Waals surface area contributed by atoms with Gasteiger partial charge in [-0.25, -0.2) is 4.98 Å². The number of hydrogen-bond acceptors (Lipinski definition) is 5. The van der Waals surface area contributed by atoms with E-state index in [1.165, 1.54) is 12.3 Å². The lowest BCUT2D eigenvalue weighted by atomic mass is 10.0. The molecule has 0 aliphatic carbocycles. The first-order valence-electron chi connectivity index (χ1n) is 7.27. The van der Waals surface area contributed by atoms with Crippen molar-refractivity contribution in [2.45, 2.75) is 13.8 Å². The maximum absolute atomic E-state index is 12.2. The molecular formula is C17H17N5O2. The third-order valence-corrected chi connectivity index (χ3v) is 3.57. The highest BCUT2D eigenvalue weighted by atomic mass is 16.2. The number of nitrogens with one attached hydrogen (secondary N) is 1. The van der Waals surface area contributed by atoms with Crippen molar-refractivity contribution in [3.05, 3.63) is 47.4 Å². The van der Waals surface area contributed by atoms with Crippen LogP contribution in [-0.2, 0) is 16.6 Å². The first kappa shape index (κ1) is 17.1. The summed E-state index contributed by atoms with van der Waals surface area (Å²) in [5.41, 5.74) is 2.46. The maximum Gasteiger partial charge on any atom is 0.250 e. The van der Waals surface area contributed by atoms with E-state index in [9.17, 15) is 9.59 Å². The summed E-state index contributed by atoms with van der Waals surface area (Å²) in [6.07, 6.45) is 4.33. The molecule has 2 heterocycles. The van der Waals surface area contributed by atoms with E-state index in [0.29, 0.717) is 5.82 Å². The summed E-state index contributed by atoms with van der Waals surface area (Å²) in [5, 5.41) is 15.9. The van der Waals surface area contributed by atoms with Gasteiger partial charge in [-0.1, -0.05) is 6.07 Å². The van der Waals surface area contributed by atoms with Gasteiger partial charge in [0.2, 0.25) is 0 Å². The fraction of sp³-hybridized carbons (Fsp3) is 0.235. The van der Waals surface area contributed by atoms with Crippen LogP contribution in [0.4, 0.5) is 5.82 Å². The number of hydrogen-bond donors (Lipinski definition) is 1. The van der Waals surface area contributed by atoms with Gasteiger partial charge in [0.05, 0.1) is 11.8 Å². The topological polar surface area (TPSA) is 101 Å². The lowest BCUT2D eigenvalue weighted by Crippen LogP contribution is -2.27. The number of aromatic nitrogens is 3. The monoisotopic (exact) mass is 323 g/mol. The van der Waals surface area contributed by atoms with E-state index in [4.69, 9.17) is 5.26 Å². The SMILES string of the molecule is Cc1nn(C)c(C)c1/C=C\C(=O)[C@@H](C#N)C(=O)Nc1ccccn1. The van der Waals surface area contributed by atoms with E-state index in [1.807, 2.05) is 13.8 Å². The molecule has 0 bridgehead atoms. The minimum atomic E-state index is -1.43. The predicted octanol–water partition coefficient (Wildman–Crippen LogP) is 1.79. The van der Waals surface area contributed by atoms with Crippen molar-refractivity contribution in [1.82, 2.24) is 14.8 Å². The van der Waals surface area contributed by atoms with Gasteiger partial charge >= 0.3 is 0 Å². The molecule has 2 rings (SSSR count). The Balaban J connectivity index is 2.13. The number of carbonyl (C=O) groups excluding carboxylic acids is 2. The van der Waals surface area contributed by atoms with E-state index < -0.39 is 17.6 Å². The molecule has 1 amide bonds. The summed E-state index contributed by atoms with van der Waals surface area (Å²) < 4.78 is 1.70. The second-order valence-electron chi connectivity index (χ2n) is 5.21. The zero-order valence-electron chi connectivity index (χ0n) is 13.6. The van der Waals surface area contributed by atoms with Crippen molar-refractivity contribution in [2.24, 2.45) is 13.0 Å². The summed E-state index contributed by atoms with van der Waals surface area (Å²) in [5.74, 6) is -2.43. The fourth-order valence-electron chi connectivity index (χ4n) is 2.18. The van der Waals surface area contributed by atoms with Gasteiger partial charge in [-0.2, -0.15) is 10.4 Å². The summed E-state index contributed by atoms with van der Waals surface area (Å²) in [7, 11) is 1.81. The Morgan fingerprint density at radius 2 is 2.12 bits per heavy atom. The van der Waals surface area contributed by atoms with E-state index >= 15 is 0 Å². The van der Waals surface area contributed by atoms with Gasteiger partial charge in [0.1, 0.15) is 5.82 Å². The average Bonchev–Trinajstić information content (AvgIpc) is 2.79. The van der Waals surface area contributed by atoms with Gasteiger partial charge in [-0.05, 0) is 38.1 Å². The van der Waals surface area contributed by atoms with Crippen molar-refractivity contribution < 1.29 is 9.59 Å². The average molecular weight is 323 g/mol. The van der Waals surface area contributed by atoms with E-state index in [-0.39, 0.29) is 0 Å². The number of nitrogens with zero attached hydrogens (tertiary/aromatic N) is 4. The molecule has 0 aliphatic heterocycles. The van der Waals surface area contributed by atoms with Gasteiger partial charge in [-0.15, -0.1) is 0 Å². The van der Waals surface area contributed by atoms with Crippen molar-refractivity contribution in [3.63, 3.8) is 0 Å². The number of rotatable bonds is 5. The molecule has 0 saturated carbocycles. The van der Waals surface area contributed by atoms with E-state index in [0.717, 1.165) is 17.0 Å². The normalized spacial score (nSPS) is 11.9. The van der Waals surface area contributed by atoms with Crippen LogP contribution in [0.5, 0.6) is 0 Å². The van der Waals surface area contributed by atoms with Crippen LogP contribution >= 0.6 is 0 Å². The fourth-order valence-corrected chi connectivity index (χ4v) is 2.18. The summed E-state index contributed by atoms with van der Waals surface area (Å²) in [6, 6.07) is 6.70. The molecule has 7 heteroatoms. The molecule has 0 fully saturated rings. The number of pyridine rings is 1. The first-order valence-corrected chi connectivity index (χ1v) is 7.27. The minimum absolute atomic E-state index is 0.290. The summed E-state index contributed by atoms with van der Waals surface area (Å²) in [6.45, 7) is 3.70. The molecule has 1 atom stereocenters. The number of nitriles is 1. The van der Waals surface area contributed by atoms with Gasteiger partial charge in [0.25, 0.3) is 5.91 Å². The van der Waals surface area contributed by atoms with Crippen LogP contribution in [0.15, 0.2) is 30.5 Å². The standard InChI is InChI=1S/C17H17N5O2/c1-11-13(12(2)22(3)21-11)7-8-15(23)14(10-18)17(24)20-16-6-4-5-9-19-16/h4-9,14H,1-3H3,(H,19,20,24)/b8-7-/t14-/m1/s1. The van der Waals surface area contributed by atoms with Crippen LogP contribution in [-0.4, -0.2) is 26.5 Å². The molecule has 122 valence electrons. The van der Waals surface area contributed by atoms with Crippen molar-refractivity contribution in [3.8, 4) is 6.07 Å². The number of allylic oxidation sites excluding steroid dienone is 1. The van der Waals surface area contributed by atoms with Crippen LogP contribution in [0, 0.1) is 31.1 Å². The Morgan fingerprint density at radius 3 is 2.67 bits per heavy atom. The van der Waals surface area contributed by atoms with Gasteiger partial charge < -0.3 is 5.32 Å². The molecule has 0 aromatic carbocycles. The summed E-state index contributed by atoms with van der Waals surface area (Å²) >= 11 is 0. The third-order valence-electron chi connectivity index (χ3n) is 3.57. The molecule has 0 radical (unpaired) electrons. The zero-order chi connectivity index (χ0) is 17.7. The van der Waals surface area contributed by atoms with Crippen LogP contribution in [0.3, 0.4) is 0 Å². The molecule has 2 aromatic rings. The molecule has 0 saturated heterocycles. The van der Waals surface area contributed by atoms with Crippen LogP contribution < -0.4 is 5.32 Å². The van der Waals surface area contributed by atoms with Gasteiger partial charge in [-0.3, -0.25) is 14.3 Å². The highest BCUT2D eigenvalue weighted by Gasteiger charge is 2.25. The molecule has 0 spiro atoms. The number of anilines is 1. The van der Waals surface area contributed by atoms with Gasteiger partial charge in [0.15, 0.2) is 11.7 Å². The Hall–Kier alpha value is -3.27.